The van der Waals surface area contributed by atoms with E-state index in [9.17, 15) is 14.0 Å². The van der Waals surface area contributed by atoms with Crippen LogP contribution in [0.4, 0.5) is 4.39 Å². The Labute approximate surface area is 163 Å². The highest BCUT2D eigenvalue weighted by atomic mass is 19.1. The molecule has 2 heterocycles. The van der Waals surface area contributed by atoms with Gasteiger partial charge in [-0.05, 0) is 62.9 Å². The van der Waals surface area contributed by atoms with Gasteiger partial charge in [-0.3, -0.25) is 9.48 Å². The lowest BCUT2D eigenvalue weighted by Gasteiger charge is -2.33. The molecule has 6 nitrogen and oxygen atoms in total. The lowest BCUT2D eigenvalue weighted by molar-refractivity contribution is 0.0517. The Kier molecular flexibility index (Phi) is 5.15. The largest absolute Gasteiger partial charge is 0.461 e. The average Bonchev–Trinajstić information content (AvgIpc) is 3.46. The fraction of sp³-hybridized carbons (Fsp3) is 0.476. The van der Waals surface area contributed by atoms with Gasteiger partial charge in [-0.25, -0.2) is 9.18 Å². The van der Waals surface area contributed by atoms with Gasteiger partial charge in [-0.15, -0.1) is 0 Å². The van der Waals surface area contributed by atoms with E-state index in [1.165, 1.54) is 24.3 Å². The number of hydrogen-bond acceptors (Lipinski definition) is 4. The molecule has 0 spiro atoms. The molecule has 1 saturated heterocycles. The highest BCUT2D eigenvalue weighted by Crippen LogP contribution is 2.42. The summed E-state index contributed by atoms with van der Waals surface area (Å²) < 4.78 is 20.2. The van der Waals surface area contributed by atoms with Crippen molar-refractivity contribution in [2.45, 2.75) is 44.6 Å². The molecular formula is C21H24FN3O3. The van der Waals surface area contributed by atoms with Gasteiger partial charge in [0.2, 0.25) is 0 Å². The minimum absolute atomic E-state index is 0.0754. The number of likely N-dealkylation sites (tertiary alicyclic amines) is 1. The van der Waals surface area contributed by atoms with Crippen LogP contribution in [0.2, 0.25) is 0 Å². The summed E-state index contributed by atoms with van der Waals surface area (Å²) in [6.45, 7) is 3.33. The quantitative estimate of drug-likeness (QED) is 0.739. The second-order valence-corrected chi connectivity index (χ2v) is 7.42. The third-order valence-corrected chi connectivity index (χ3v) is 5.43. The summed E-state index contributed by atoms with van der Waals surface area (Å²) in [6, 6.07) is 7.69. The standard InChI is InChI=1S/C21H24FN3O3/c1-2-28-21(27)18-13-19(14-3-4-14)25(23-18)17-9-11-24(12-10-17)20(26)15-5-7-16(22)8-6-15/h5-8,13-14,17H,2-4,9-12H2,1H3. The molecule has 2 aliphatic rings. The van der Waals surface area contributed by atoms with Crippen molar-refractivity contribution in [1.29, 1.82) is 0 Å². The van der Waals surface area contributed by atoms with Crippen LogP contribution >= 0.6 is 0 Å². The van der Waals surface area contributed by atoms with Crippen molar-refractivity contribution in [3.05, 3.63) is 53.1 Å². The van der Waals surface area contributed by atoms with Crippen molar-refractivity contribution < 1.29 is 18.7 Å². The number of nitrogens with zero attached hydrogens (tertiary/aromatic N) is 3. The first-order valence-electron chi connectivity index (χ1n) is 9.88. The van der Waals surface area contributed by atoms with Crippen molar-refractivity contribution in [2.75, 3.05) is 19.7 Å². The molecule has 7 heteroatoms. The summed E-state index contributed by atoms with van der Waals surface area (Å²) in [6.07, 6.45) is 3.79. The number of rotatable bonds is 5. The first-order chi connectivity index (χ1) is 13.6. The van der Waals surface area contributed by atoms with Crippen LogP contribution in [0, 0.1) is 5.82 Å². The van der Waals surface area contributed by atoms with Gasteiger partial charge in [-0.2, -0.15) is 5.10 Å². The minimum Gasteiger partial charge on any atom is -0.461 e. The number of carbonyl (C=O) groups excluding carboxylic acids is 2. The summed E-state index contributed by atoms with van der Waals surface area (Å²) in [5.41, 5.74) is 1.97. The fourth-order valence-electron chi connectivity index (χ4n) is 3.78. The third kappa shape index (κ3) is 3.79. The second-order valence-electron chi connectivity index (χ2n) is 7.42. The number of aromatic nitrogens is 2. The Morgan fingerprint density at radius 2 is 1.82 bits per heavy atom. The van der Waals surface area contributed by atoms with Crippen LogP contribution in [0.25, 0.3) is 0 Å². The van der Waals surface area contributed by atoms with Crippen molar-refractivity contribution in [3.63, 3.8) is 0 Å². The van der Waals surface area contributed by atoms with Gasteiger partial charge >= 0.3 is 5.97 Å². The van der Waals surface area contributed by atoms with E-state index in [2.05, 4.69) is 5.10 Å². The Morgan fingerprint density at radius 3 is 2.43 bits per heavy atom. The summed E-state index contributed by atoms with van der Waals surface area (Å²) in [7, 11) is 0. The second kappa shape index (κ2) is 7.73. The zero-order valence-electron chi connectivity index (χ0n) is 15.9. The minimum atomic E-state index is -0.382. The van der Waals surface area contributed by atoms with Crippen LogP contribution in [0.1, 0.15) is 71.1 Å². The van der Waals surface area contributed by atoms with Crippen LogP contribution < -0.4 is 0 Å². The number of hydrogen-bond donors (Lipinski definition) is 0. The molecule has 0 bridgehead atoms. The first kappa shape index (κ1) is 18.7. The monoisotopic (exact) mass is 385 g/mol. The SMILES string of the molecule is CCOC(=O)c1cc(C2CC2)n(C2CCN(C(=O)c3ccc(F)cc3)CC2)n1. The zero-order valence-corrected chi connectivity index (χ0v) is 15.9. The van der Waals surface area contributed by atoms with Crippen LogP contribution in [-0.2, 0) is 4.74 Å². The third-order valence-electron chi connectivity index (χ3n) is 5.43. The van der Waals surface area contributed by atoms with Crippen LogP contribution in [0.3, 0.4) is 0 Å². The molecule has 0 N–H and O–H groups in total. The number of halogens is 1. The van der Waals surface area contributed by atoms with E-state index >= 15 is 0 Å². The molecule has 148 valence electrons. The maximum atomic E-state index is 13.1. The molecule has 4 rings (SSSR count). The topological polar surface area (TPSA) is 64.4 Å². The molecule has 0 radical (unpaired) electrons. The molecule has 1 aliphatic carbocycles. The van der Waals surface area contributed by atoms with Gasteiger partial charge in [0.15, 0.2) is 5.69 Å². The first-order valence-corrected chi connectivity index (χ1v) is 9.88. The van der Waals surface area contributed by atoms with E-state index in [4.69, 9.17) is 4.74 Å². The van der Waals surface area contributed by atoms with E-state index in [1.807, 2.05) is 10.7 Å². The molecule has 1 aromatic heterocycles. The Bertz CT molecular complexity index is 866. The van der Waals surface area contributed by atoms with Crippen molar-refractivity contribution in [1.82, 2.24) is 14.7 Å². The summed E-state index contributed by atoms with van der Waals surface area (Å²) in [5, 5.41) is 4.55. The summed E-state index contributed by atoms with van der Waals surface area (Å²) >= 11 is 0. The molecule has 0 unspecified atom stereocenters. The van der Waals surface area contributed by atoms with Crippen molar-refractivity contribution >= 4 is 11.9 Å². The molecular weight excluding hydrogens is 361 g/mol. The van der Waals surface area contributed by atoms with Crippen LogP contribution in [0.15, 0.2) is 30.3 Å². The normalized spacial score (nSPS) is 17.6. The number of carbonyl (C=O) groups is 2. The van der Waals surface area contributed by atoms with E-state index in [0.29, 0.717) is 36.9 Å². The lowest BCUT2D eigenvalue weighted by Crippen LogP contribution is -2.39. The number of esters is 1. The van der Waals surface area contributed by atoms with Crippen LogP contribution in [-0.4, -0.2) is 46.3 Å². The number of ether oxygens (including phenoxy) is 1. The molecule has 2 aromatic rings. The van der Waals surface area contributed by atoms with Crippen molar-refractivity contribution in [3.8, 4) is 0 Å². The molecule has 1 aliphatic heterocycles. The molecule has 0 atom stereocenters. The van der Waals surface area contributed by atoms with Crippen LogP contribution in [0.5, 0.6) is 0 Å². The molecule has 2 fully saturated rings. The maximum absolute atomic E-state index is 13.1. The molecule has 1 aromatic carbocycles. The van der Waals surface area contributed by atoms with Gasteiger partial charge < -0.3 is 9.64 Å². The number of benzene rings is 1. The lowest BCUT2D eigenvalue weighted by atomic mass is 10.0. The average molecular weight is 385 g/mol. The number of piperidine rings is 1. The summed E-state index contributed by atoms with van der Waals surface area (Å²) in [4.78, 5) is 26.5. The van der Waals surface area contributed by atoms with E-state index < -0.39 is 0 Å². The van der Waals surface area contributed by atoms with Gasteiger partial charge in [0.25, 0.3) is 5.91 Å². The van der Waals surface area contributed by atoms with E-state index in [0.717, 1.165) is 31.4 Å². The van der Waals surface area contributed by atoms with Gasteiger partial charge in [0.05, 0.1) is 12.6 Å². The Morgan fingerprint density at radius 1 is 1.14 bits per heavy atom. The predicted molar refractivity (Wildman–Crippen MR) is 101 cm³/mol. The van der Waals surface area contributed by atoms with E-state index in [-0.39, 0.29) is 23.7 Å². The smallest absolute Gasteiger partial charge is 0.358 e. The fourth-order valence-corrected chi connectivity index (χ4v) is 3.78. The zero-order chi connectivity index (χ0) is 19.7. The maximum Gasteiger partial charge on any atom is 0.358 e. The van der Waals surface area contributed by atoms with E-state index in [1.54, 1.807) is 11.8 Å². The molecule has 1 saturated carbocycles. The Hall–Kier alpha value is -2.70. The highest BCUT2D eigenvalue weighted by Gasteiger charge is 2.33. The number of amides is 1. The highest BCUT2D eigenvalue weighted by molar-refractivity contribution is 5.94. The molecule has 28 heavy (non-hydrogen) atoms. The van der Waals surface area contributed by atoms with Gasteiger partial charge in [0, 0.05) is 30.3 Å². The van der Waals surface area contributed by atoms with Gasteiger partial charge in [0.1, 0.15) is 5.82 Å². The Balaban J connectivity index is 1.45. The van der Waals surface area contributed by atoms with Gasteiger partial charge in [-0.1, -0.05) is 0 Å². The molecule has 1 amide bonds. The summed E-state index contributed by atoms with van der Waals surface area (Å²) in [5.74, 6) is -0.339. The van der Waals surface area contributed by atoms with Crippen molar-refractivity contribution in [2.24, 2.45) is 0 Å². The predicted octanol–water partition coefficient (Wildman–Crippen LogP) is 3.55.